The fourth-order valence-electron chi connectivity index (χ4n) is 4.09. The molecule has 3 aliphatic rings. The van der Waals surface area contributed by atoms with Crippen LogP contribution in [0.1, 0.15) is 38.5 Å². The van der Waals surface area contributed by atoms with E-state index in [1.165, 1.54) is 12.8 Å². The zero-order chi connectivity index (χ0) is 15.7. The van der Waals surface area contributed by atoms with Gasteiger partial charge in [0.1, 0.15) is 5.54 Å². The zero-order valence-corrected chi connectivity index (χ0v) is 16.2. The molecule has 0 atom stereocenters. The summed E-state index contributed by atoms with van der Waals surface area (Å²) < 4.78 is 1.88. The molecule has 1 aliphatic carbocycles. The minimum absolute atomic E-state index is 0. The van der Waals surface area contributed by atoms with E-state index in [-0.39, 0.29) is 30.7 Å². The topological polar surface area (TPSA) is 62.2 Å². The molecule has 1 saturated carbocycles. The van der Waals surface area contributed by atoms with Gasteiger partial charge in [0.2, 0.25) is 5.91 Å². The van der Waals surface area contributed by atoms with Crippen LogP contribution in [-0.2, 0) is 10.3 Å². The normalized spacial score (nSPS) is 24.0. The summed E-state index contributed by atoms with van der Waals surface area (Å²) in [6.07, 6.45) is 10.2. The van der Waals surface area contributed by atoms with Gasteiger partial charge in [0, 0.05) is 37.6 Å². The smallest absolute Gasteiger partial charge is 0.248 e. The van der Waals surface area contributed by atoms with Crippen molar-refractivity contribution in [2.75, 3.05) is 26.2 Å². The van der Waals surface area contributed by atoms with Gasteiger partial charge in [-0.15, -0.1) is 24.8 Å². The third-order valence-electron chi connectivity index (χ3n) is 5.72. The first-order valence-electron chi connectivity index (χ1n) is 9.04. The average Bonchev–Trinajstić information content (AvgIpc) is 3.29. The van der Waals surface area contributed by atoms with Crippen molar-refractivity contribution in [3.8, 4) is 0 Å². The molecule has 0 unspecified atom stereocenters. The summed E-state index contributed by atoms with van der Waals surface area (Å²) in [5.74, 6) is 0.160. The molecule has 1 aromatic rings. The third-order valence-corrected chi connectivity index (χ3v) is 5.72. The first kappa shape index (κ1) is 20.5. The van der Waals surface area contributed by atoms with Gasteiger partial charge < -0.3 is 15.5 Å². The van der Waals surface area contributed by atoms with Gasteiger partial charge in [0.25, 0.3) is 0 Å². The Kier molecular flexibility index (Phi) is 7.14. The van der Waals surface area contributed by atoms with Crippen molar-refractivity contribution in [3.63, 3.8) is 0 Å². The van der Waals surface area contributed by atoms with Gasteiger partial charge in [-0.2, -0.15) is 5.10 Å². The number of hydrogen-bond acceptors (Lipinski definition) is 4. The summed E-state index contributed by atoms with van der Waals surface area (Å²) in [6.45, 7) is 4.00. The van der Waals surface area contributed by atoms with Crippen molar-refractivity contribution in [2.24, 2.45) is 0 Å². The Morgan fingerprint density at radius 2 is 1.80 bits per heavy atom. The van der Waals surface area contributed by atoms with E-state index in [1.807, 2.05) is 16.9 Å². The number of halogens is 2. The van der Waals surface area contributed by atoms with Crippen LogP contribution < -0.4 is 10.6 Å². The predicted molar refractivity (Wildman–Crippen MR) is 103 cm³/mol. The summed E-state index contributed by atoms with van der Waals surface area (Å²) in [5.41, 5.74) is -0.512. The number of piperidine rings is 2. The Bertz CT molecular complexity index is 535. The molecule has 142 valence electrons. The fourth-order valence-corrected chi connectivity index (χ4v) is 4.09. The summed E-state index contributed by atoms with van der Waals surface area (Å²) in [7, 11) is 0. The highest BCUT2D eigenvalue weighted by Gasteiger charge is 2.43. The molecule has 0 aromatic carbocycles. The van der Waals surface area contributed by atoms with Crippen LogP contribution in [0.5, 0.6) is 0 Å². The monoisotopic (exact) mass is 389 g/mol. The van der Waals surface area contributed by atoms with Crippen molar-refractivity contribution in [1.82, 2.24) is 25.3 Å². The largest absolute Gasteiger partial charge is 0.351 e. The number of carbonyl (C=O) groups is 1. The van der Waals surface area contributed by atoms with Crippen molar-refractivity contribution in [1.29, 1.82) is 0 Å². The number of carbonyl (C=O) groups excluding carboxylic acids is 1. The van der Waals surface area contributed by atoms with E-state index < -0.39 is 5.54 Å². The quantitative estimate of drug-likeness (QED) is 0.819. The van der Waals surface area contributed by atoms with E-state index in [2.05, 4.69) is 20.6 Å². The number of nitrogens with one attached hydrogen (secondary N) is 2. The molecule has 3 fully saturated rings. The molecular weight excluding hydrogens is 361 g/mol. The molecule has 0 bridgehead atoms. The molecule has 6 nitrogen and oxygen atoms in total. The molecule has 2 N–H and O–H groups in total. The standard InChI is InChI=1S/C17H27N5O.2ClH/c23-16(20-14-4-12-21(13-5-14)15-2-3-15)17(6-9-18-10-7-17)22-11-1-8-19-22;;/h1,8,11,14-15,18H,2-7,9-10,12-13H2,(H,20,23);2*1H. The predicted octanol–water partition coefficient (Wildman–Crippen LogP) is 1.55. The lowest BCUT2D eigenvalue weighted by Crippen LogP contribution is -2.57. The lowest BCUT2D eigenvalue weighted by atomic mass is 9.86. The summed E-state index contributed by atoms with van der Waals surface area (Å²) in [4.78, 5) is 15.7. The number of amides is 1. The van der Waals surface area contributed by atoms with E-state index >= 15 is 0 Å². The first-order chi connectivity index (χ1) is 11.3. The highest BCUT2D eigenvalue weighted by molar-refractivity contribution is 5.86. The van der Waals surface area contributed by atoms with Crippen LogP contribution in [0, 0.1) is 0 Å². The lowest BCUT2D eigenvalue weighted by molar-refractivity contribution is -0.133. The maximum Gasteiger partial charge on any atom is 0.248 e. The van der Waals surface area contributed by atoms with Crippen molar-refractivity contribution in [2.45, 2.75) is 56.1 Å². The van der Waals surface area contributed by atoms with Gasteiger partial charge in [-0.1, -0.05) is 0 Å². The Hall–Kier alpha value is -0.820. The Labute approximate surface area is 161 Å². The highest BCUT2D eigenvalue weighted by atomic mass is 35.5. The maximum atomic E-state index is 13.1. The highest BCUT2D eigenvalue weighted by Crippen LogP contribution is 2.30. The Balaban J connectivity index is 0.00000113. The number of nitrogens with zero attached hydrogens (tertiary/aromatic N) is 3. The van der Waals surface area contributed by atoms with Crippen molar-refractivity contribution in [3.05, 3.63) is 18.5 Å². The second kappa shape index (κ2) is 8.71. The van der Waals surface area contributed by atoms with E-state index in [9.17, 15) is 4.79 Å². The number of hydrogen-bond donors (Lipinski definition) is 2. The number of aromatic nitrogens is 2. The van der Waals surface area contributed by atoms with E-state index in [0.717, 1.165) is 57.9 Å². The molecule has 1 amide bonds. The van der Waals surface area contributed by atoms with Crippen LogP contribution >= 0.6 is 24.8 Å². The molecule has 1 aromatic heterocycles. The van der Waals surface area contributed by atoms with Crippen LogP contribution in [0.4, 0.5) is 0 Å². The molecule has 2 saturated heterocycles. The van der Waals surface area contributed by atoms with Gasteiger partial charge in [-0.25, -0.2) is 0 Å². The lowest BCUT2D eigenvalue weighted by Gasteiger charge is -2.39. The second-order valence-electron chi connectivity index (χ2n) is 7.25. The van der Waals surface area contributed by atoms with E-state index in [4.69, 9.17) is 0 Å². The minimum atomic E-state index is -0.512. The van der Waals surface area contributed by atoms with Crippen LogP contribution in [-0.4, -0.2) is 58.9 Å². The van der Waals surface area contributed by atoms with Crippen LogP contribution in [0.25, 0.3) is 0 Å². The van der Waals surface area contributed by atoms with Gasteiger partial charge >= 0.3 is 0 Å². The second-order valence-corrected chi connectivity index (χ2v) is 7.25. The van der Waals surface area contributed by atoms with Crippen molar-refractivity contribution < 1.29 is 4.79 Å². The van der Waals surface area contributed by atoms with Gasteiger partial charge in [-0.05, 0) is 57.7 Å². The molecular formula is C17H29Cl2N5O. The van der Waals surface area contributed by atoms with E-state index in [1.54, 1.807) is 6.20 Å². The number of rotatable bonds is 4. The van der Waals surface area contributed by atoms with Crippen molar-refractivity contribution >= 4 is 30.7 Å². The Morgan fingerprint density at radius 3 is 2.36 bits per heavy atom. The molecule has 3 heterocycles. The van der Waals surface area contributed by atoms with Gasteiger partial charge in [0.15, 0.2) is 0 Å². The van der Waals surface area contributed by atoms with E-state index in [0.29, 0.717) is 6.04 Å². The zero-order valence-electron chi connectivity index (χ0n) is 14.5. The van der Waals surface area contributed by atoms with Gasteiger partial charge in [0.05, 0.1) is 0 Å². The minimum Gasteiger partial charge on any atom is -0.351 e. The molecule has 0 radical (unpaired) electrons. The number of likely N-dealkylation sites (tertiary alicyclic amines) is 1. The SMILES string of the molecule is Cl.Cl.O=C(NC1CCN(C2CC2)CC1)C1(n2cccn2)CCNCC1. The third kappa shape index (κ3) is 4.30. The fraction of sp³-hybridized carbons (Fsp3) is 0.765. The summed E-state index contributed by atoms with van der Waals surface area (Å²) in [5, 5.41) is 11.1. The molecule has 8 heteroatoms. The molecule has 25 heavy (non-hydrogen) atoms. The molecule has 0 spiro atoms. The first-order valence-corrected chi connectivity index (χ1v) is 9.04. The average molecular weight is 390 g/mol. The summed E-state index contributed by atoms with van der Waals surface area (Å²) in [6, 6.07) is 3.07. The van der Waals surface area contributed by atoms with Gasteiger partial charge in [-0.3, -0.25) is 9.48 Å². The summed E-state index contributed by atoms with van der Waals surface area (Å²) >= 11 is 0. The maximum absolute atomic E-state index is 13.1. The molecule has 4 rings (SSSR count). The van der Waals surface area contributed by atoms with Crippen LogP contribution in [0.2, 0.25) is 0 Å². The van der Waals surface area contributed by atoms with Crippen LogP contribution in [0.15, 0.2) is 18.5 Å². The molecule has 2 aliphatic heterocycles. The van der Waals surface area contributed by atoms with Crippen LogP contribution in [0.3, 0.4) is 0 Å². The Morgan fingerprint density at radius 1 is 1.12 bits per heavy atom.